The van der Waals surface area contributed by atoms with Crippen LogP contribution in [-0.4, -0.2) is 22.2 Å². The highest BCUT2D eigenvalue weighted by Gasteiger charge is 2.29. The summed E-state index contributed by atoms with van der Waals surface area (Å²) in [6.45, 7) is -3.05. The van der Waals surface area contributed by atoms with E-state index in [1.807, 2.05) is 0 Å². The van der Waals surface area contributed by atoms with Crippen molar-refractivity contribution in [2.75, 3.05) is 0 Å². The molecule has 0 spiro atoms. The molecule has 0 heterocycles. The average Bonchev–Trinajstić information content (AvgIpc) is 3.16. The summed E-state index contributed by atoms with van der Waals surface area (Å²) in [5.41, 5.74) is -5.58. The number of hydrogen-bond donors (Lipinski definition) is 2. The highest BCUT2D eigenvalue weighted by molar-refractivity contribution is 5.98. The molecule has 5 rings (SSSR count). The first-order chi connectivity index (χ1) is 25.6. The summed E-state index contributed by atoms with van der Waals surface area (Å²) in [5.74, 6) is -17.5. The van der Waals surface area contributed by atoms with Crippen LogP contribution in [0.3, 0.4) is 0 Å². The van der Waals surface area contributed by atoms with Gasteiger partial charge in [0.05, 0.1) is 33.4 Å². The molecule has 6 nitrogen and oxygen atoms in total. The van der Waals surface area contributed by atoms with Gasteiger partial charge in [-0.25, -0.2) is 53.5 Å². The summed E-state index contributed by atoms with van der Waals surface area (Å²) >= 11 is 0. The molecule has 5 aromatic carbocycles. The Morgan fingerprint density at radius 3 is 1.04 bits per heavy atom. The molecule has 5 aromatic rings. The predicted octanol–water partition coefficient (Wildman–Crippen LogP) is 8.00. The summed E-state index contributed by atoms with van der Waals surface area (Å²) < 4.78 is 149. The predicted molar refractivity (Wildman–Crippen MR) is 165 cm³/mol. The molecule has 0 unspecified atom stereocenters. The number of rotatable bonds is 6. The summed E-state index contributed by atoms with van der Waals surface area (Å²) in [5, 5.41) is 20.3. The van der Waals surface area contributed by atoms with Crippen LogP contribution in [0, 0.1) is 81.9 Å². The molecular formula is C38H16F10O6. The van der Waals surface area contributed by atoms with Crippen LogP contribution in [0.4, 0.5) is 43.9 Å². The zero-order chi connectivity index (χ0) is 39.4. The van der Waals surface area contributed by atoms with Crippen molar-refractivity contribution in [2.24, 2.45) is 0 Å². The quantitative estimate of drug-likeness (QED) is 0.0600. The van der Waals surface area contributed by atoms with Gasteiger partial charge in [-0.15, -0.1) is 0 Å². The number of phenols is 2. The third-order valence-corrected chi connectivity index (χ3v) is 7.37. The first-order valence-corrected chi connectivity index (χ1v) is 14.7. The molecule has 0 saturated carbocycles. The number of carbonyl (C=O) groups excluding carboxylic acids is 2. The van der Waals surface area contributed by atoms with Crippen LogP contribution in [0.15, 0.2) is 60.7 Å². The lowest BCUT2D eigenvalue weighted by Crippen LogP contribution is -2.15. The fourth-order valence-corrected chi connectivity index (χ4v) is 4.56. The van der Waals surface area contributed by atoms with Gasteiger partial charge in [-0.1, -0.05) is 47.9 Å². The number of para-hydroxylation sites is 2. The molecule has 0 atom stereocenters. The maximum Gasteiger partial charge on any atom is 0.339 e. The summed E-state index contributed by atoms with van der Waals surface area (Å²) in [6, 6.07) is 12.4. The molecular weight excluding hydrogens is 742 g/mol. The van der Waals surface area contributed by atoms with Gasteiger partial charge in [0, 0.05) is 11.1 Å². The second-order valence-corrected chi connectivity index (χ2v) is 10.7. The Labute approximate surface area is 296 Å². The van der Waals surface area contributed by atoms with E-state index in [0.29, 0.717) is 0 Å². The molecule has 0 fully saturated rings. The van der Waals surface area contributed by atoms with E-state index >= 15 is 0 Å². The molecule has 54 heavy (non-hydrogen) atoms. The van der Waals surface area contributed by atoms with Crippen molar-refractivity contribution in [2.45, 2.75) is 13.2 Å². The van der Waals surface area contributed by atoms with Gasteiger partial charge in [-0.05, 0) is 36.4 Å². The van der Waals surface area contributed by atoms with Crippen molar-refractivity contribution in [1.29, 1.82) is 0 Å². The second kappa shape index (κ2) is 15.7. The Morgan fingerprint density at radius 2 is 0.722 bits per heavy atom. The van der Waals surface area contributed by atoms with Crippen molar-refractivity contribution in [3.8, 4) is 35.2 Å². The Bertz CT molecular complexity index is 2260. The molecule has 16 heteroatoms. The van der Waals surface area contributed by atoms with Crippen molar-refractivity contribution in [3.63, 3.8) is 0 Å². The molecule has 0 aliphatic heterocycles. The summed E-state index contributed by atoms with van der Waals surface area (Å²) in [4.78, 5) is 26.8. The highest BCUT2D eigenvalue weighted by Crippen LogP contribution is 2.27. The molecule has 0 radical (unpaired) electrons. The molecule has 0 saturated heterocycles. The van der Waals surface area contributed by atoms with Gasteiger partial charge >= 0.3 is 11.9 Å². The number of benzene rings is 5. The number of phenolic OH excluding ortho intramolecular Hbond substituents is 2. The molecule has 0 amide bonds. The number of ether oxygens (including phenoxy) is 2. The third kappa shape index (κ3) is 7.63. The molecule has 0 aliphatic rings. The lowest BCUT2D eigenvalue weighted by atomic mass is 9.97. The van der Waals surface area contributed by atoms with Crippen molar-refractivity contribution < 1.29 is 73.2 Å². The fraction of sp³-hybridized carbons (Fsp3) is 0.0526. The van der Waals surface area contributed by atoms with Gasteiger partial charge < -0.3 is 19.7 Å². The Hall–Kier alpha value is -6.94. The highest BCUT2D eigenvalue weighted by atomic mass is 19.2. The fourth-order valence-electron chi connectivity index (χ4n) is 4.56. The Morgan fingerprint density at radius 1 is 0.444 bits per heavy atom. The van der Waals surface area contributed by atoms with Crippen LogP contribution in [0.1, 0.15) is 54.1 Å². The molecule has 2 N–H and O–H groups in total. The van der Waals surface area contributed by atoms with Gasteiger partial charge in [0.25, 0.3) is 0 Å². The second-order valence-electron chi connectivity index (χ2n) is 10.7. The zero-order valence-electron chi connectivity index (χ0n) is 26.5. The van der Waals surface area contributed by atoms with Crippen molar-refractivity contribution in [1.82, 2.24) is 0 Å². The summed E-state index contributed by atoms with van der Waals surface area (Å²) in [6.07, 6.45) is 0. The monoisotopic (exact) mass is 758 g/mol. The molecule has 0 aromatic heterocycles. The van der Waals surface area contributed by atoms with Crippen LogP contribution in [0.25, 0.3) is 0 Å². The van der Waals surface area contributed by atoms with E-state index in [1.54, 1.807) is 0 Å². The van der Waals surface area contributed by atoms with E-state index in [4.69, 9.17) is 9.47 Å². The first kappa shape index (κ1) is 38.3. The largest absolute Gasteiger partial charge is 0.507 e. The molecule has 274 valence electrons. The average molecular weight is 759 g/mol. The van der Waals surface area contributed by atoms with Crippen LogP contribution >= 0.6 is 0 Å². The van der Waals surface area contributed by atoms with E-state index in [0.717, 1.165) is 12.1 Å². The van der Waals surface area contributed by atoms with E-state index in [2.05, 4.69) is 23.7 Å². The van der Waals surface area contributed by atoms with E-state index in [9.17, 15) is 63.7 Å². The lowest BCUT2D eigenvalue weighted by Gasteiger charge is -2.13. The third-order valence-electron chi connectivity index (χ3n) is 7.37. The smallest absolute Gasteiger partial charge is 0.339 e. The molecule has 0 aliphatic carbocycles. The number of halogens is 10. The van der Waals surface area contributed by atoms with Gasteiger partial charge in [-0.3, -0.25) is 0 Å². The van der Waals surface area contributed by atoms with Crippen molar-refractivity contribution in [3.05, 3.63) is 163 Å². The minimum Gasteiger partial charge on any atom is -0.507 e. The van der Waals surface area contributed by atoms with Crippen LogP contribution in [-0.2, 0) is 22.7 Å². The van der Waals surface area contributed by atoms with Gasteiger partial charge in [0.2, 0.25) is 11.6 Å². The zero-order valence-corrected chi connectivity index (χ0v) is 26.5. The Kier molecular flexibility index (Phi) is 11.2. The van der Waals surface area contributed by atoms with Gasteiger partial charge in [-0.2, -0.15) is 0 Å². The summed E-state index contributed by atoms with van der Waals surface area (Å²) in [7, 11) is 0. The van der Waals surface area contributed by atoms with Crippen LogP contribution < -0.4 is 0 Å². The maximum absolute atomic E-state index is 14.3. The number of esters is 2. The minimum absolute atomic E-state index is 0.0583. The van der Waals surface area contributed by atoms with E-state index < -0.39 is 117 Å². The normalized spacial score (nSPS) is 10.6. The van der Waals surface area contributed by atoms with Gasteiger partial charge in [0.15, 0.2) is 46.5 Å². The number of hydrogen-bond acceptors (Lipinski definition) is 6. The SMILES string of the molecule is O=C(OCc1c(F)c(F)c(F)c(F)c1F)c1cc(C#Cc2ccccc2O)c(C(=O)OCc2c(F)c(F)c(F)c(F)c2F)cc1C#Cc1ccccc1O. The number of carbonyl (C=O) groups is 2. The Balaban J connectivity index is 1.65. The van der Waals surface area contributed by atoms with E-state index in [1.165, 1.54) is 48.5 Å². The van der Waals surface area contributed by atoms with Crippen LogP contribution in [0.5, 0.6) is 11.5 Å². The topological polar surface area (TPSA) is 93.1 Å². The maximum atomic E-state index is 14.3. The minimum atomic E-state index is -2.47. The lowest BCUT2D eigenvalue weighted by molar-refractivity contribution is 0.0447. The number of aromatic hydroxyl groups is 2. The van der Waals surface area contributed by atoms with E-state index in [-0.39, 0.29) is 22.6 Å². The standard InChI is InChI=1S/C38H16F10O6/c39-27-23(28(40)32(44)35(47)31(27)43)15-53-37(51)21-14-20(12-10-18-6-2-4-8-26(18)50)22(13-19(21)11-9-17-5-1-3-7-25(17)49)38(52)54-16-24-29(41)33(45)36(48)34(46)30(24)42/h1-8,13-14,49-50H,15-16H2. The molecule has 0 bridgehead atoms. The first-order valence-electron chi connectivity index (χ1n) is 14.7. The van der Waals surface area contributed by atoms with Crippen molar-refractivity contribution >= 4 is 11.9 Å². The van der Waals surface area contributed by atoms with Gasteiger partial charge in [0.1, 0.15) is 24.7 Å². The van der Waals surface area contributed by atoms with Crippen LogP contribution in [0.2, 0.25) is 0 Å².